The van der Waals surface area contributed by atoms with E-state index in [4.69, 9.17) is 0 Å². The highest BCUT2D eigenvalue weighted by Gasteiger charge is 2.22. The van der Waals surface area contributed by atoms with E-state index >= 15 is 0 Å². The molecule has 1 amide bonds. The molecule has 27 heavy (non-hydrogen) atoms. The zero-order chi connectivity index (χ0) is 18.6. The molecule has 1 aliphatic heterocycles. The number of carbonyl (C=O) groups excluding carboxylic acids is 1. The standard InChI is InChI=1S/C22H26N4O/c1-25-13-9-21-19(16-25)18-15-23-11-8-20(18)26(21)12-5-10-24-22(27)14-17-6-3-2-4-7-17/h2-4,6-8,11,15H,5,9-10,12-14,16H2,1H3,(H,24,27). The molecule has 1 aliphatic rings. The number of nitrogens with one attached hydrogen (secondary N) is 1. The number of aryl methyl sites for hydroxylation is 1. The van der Waals surface area contributed by atoms with Crippen LogP contribution in [0.4, 0.5) is 0 Å². The van der Waals surface area contributed by atoms with Gasteiger partial charge in [-0.2, -0.15) is 0 Å². The van der Waals surface area contributed by atoms with Crippen LogP contribution in [0, 0.1) is 0 Å². The lowest BCUT2D eigenvalue weighted by Crippen LogP contribution is -2.28. The Morgan fingerprint density at radius 3 is 2.93 bits per heavy atom. The van der Waals surface area contributed by atoms with E-state index in [1.807, 2.05) is 42.7 Å². The minimum atomic E-state index is 0.0893. The Balaban J connectivity index is 1.39. The molecule has 3 heterocycles. The van der Waals surface area contributed by atoms with E-state index < -0.39 is 0 Å². The number of amides is 1. The SMILES string of the molecule is CN1CCc2c(c3cnccc3n2CCCNC(=O)Cc2ccccc2)C1. The molecular weight excluding hydrogens is 336 g/mol. The van der Waals surface area contributed by atoms with E-state index in [1.54, 1.807) is 0 Å². The van der Waals surface area contributed by atoms with Crippen LogP contribution in [0.15, 0.2) is 48.8 Å². The van der Waals surface area contributed by atoms with E-state index in [0.717, 1.165) is 38.0 Å². The Hall–Kier alpha value is -2.66. The van der Waals surface area contributed by atoms with Gasteiger partial charge in [0.15, 0.2) is 0 Å². The maximum absolute atomic E-state index is 12.1. The summed E-state index contributed by atoms with van der Waals surface area (Å²) in [7, 11) is 2.17. The second-order valence-corrected chi connectivity index (χ2v) is 7.32. The Bertz CT molecular complexity index is 932. The summed E-state index contributed by atoms with van der Waals surface area (Å²) in [5.41, 5.74) is 5.17. The molecule has 0 radical (unpaired) electrons. The van der Waals surface area contributed by atoms with Gasteiger partial charge in [-0.05, 0) is 30.7 Å². The molecule has 1 aromatic carbocycles. The summed E-state index contributed by atoms with van der Waals surface area (Å²) in [5.74, 6) is 0.0893. The molecule has 0 aliphatic carbocycles. The van der Waals surface area contributed by atoms with Crippen LogP contribution in [-0.4, -0.2) is 40.5 Å². The van der Waals surface area contributed by atoms with Crippen LogP contribution >= 0.6 is 0 Å². The highest BCUT2D eigenvalue weighted by atomic mass is 16.1. The number of hydrogen-bond donors (Lipinski definition) is 1. The Labute approximate surface area is 160 Å². The van der Waals surface area contributed by atoms with Crippen LogP contribution in [0.1, 0.15) is 23.2 Å². The third-order valence-corrected chi connectivity index (χ3v) is 5.33. The first kappa shape index (κ1) is 17.7. The maximum Gasteiger partial charge on any atom is 0.224 e. The summed E-state index contributed by atoms with van der Waals surface area (Å²) in [6.45, 7) is 3.69. The average Bonchev–Trinajstić information content (AvgIpc) is 2.99. The number of nitrogens with zero attached hydrogens (tertiary/aromatic N) is 3. The molecule has 0 spiro atoms. The van der Waals surface area contributed by atoms with Crippen LogP contribution < -0.4 is 5.32 Å². The summed E-state index contributed by atoms with van der Waals surface area (Å²) >= 11 is 0. The van der Waals surface area contributed by atoms with E-state index in [1.165, 1.54) is 22.2 Å². The van der Waals surface area contributed by atoms with Crippen LogP contribution in [0.2, 0.25) is 0 Å². The van der Waals surface area contributed by atoms with Crippen molar-refractivity contribution in [3.05, 3.63) is 65.6 Å². The molecule has 5 nitrogen and oxygen atoms in total. The monoisotopic (exact) mass is 362 g/mol. The molecule has 1 N–H and O–H groups in total. The van der Waals surface area contributed by atoms with Crippen molar-refractivity contribution >= 4 is 16.8 Å². The van der Waals surface area contributed by atoms with Crippen LogP contribution in [-0.2, 0) is 30.7 Å². The number of aromatic nitrogens is 2. The first-order valence-corrected chi connectivity index (χ1v) is 9.65. The maximum atomic E-state index is 12.1. The fourth-order valence-corrected chi connectivity index (χ4v) is 3.99. The number of likely N-dealkylation sites (N-methyl/N-ethyl adjacent to an activating group) is 1. The summed E-state index contributed by atoms with van der Waals surface area (Å²) in [6, 6.07) is 12.0. The number of rotatable bonds is 6. The van der Waals surface area contributed by atoms with Gasteiger partial charge in [-0.15, -0.1) is 0 Å². The van der Waals surface area contributed by atoms with Gasteiger partial charge in [-0.3, -0.25) is 9.78 Å². The summed E-state index contributed by atoms with van der Waals surface area (Å²) in [6.07, 6.45) is 6.30. The van der Waals surface area contributed by atoms with Crippen molar-refractivity contribution < 1.29 is 4.79 Å². The van der Waals surface area contributed by atoms with Gasteiger partial charge in [-0.1, -0.05) is 30.3 Å². The number of pyridine rings is 1. The smallest absolute Gasteiger partial charge is 0.224 e. The highest BCUT2D eigenvalue weighted by molar-refractivity contribution is 5.85. The van der Waals surface area contributed by atoms with Gasteiger partial charge in [0.1, 0.15) is 0 Å². The molecule has 0 atom stereocenters. The second-order valence-electron chi connectivity index (χ2n) is 7.32. The third kappa shape index (κ3) is 3.88. The molecule has 0 fully saturated rings. The van der Waals surface area contributed by atoms with Crippen molar-refractivity contribution in [2.24, 2.45) is 0 Å². The number of hydrogen-bond acceptors (Lipinski definition) is 3. The molecule has 0 unspecified atom stereocenters. The molecule has 3 aromatic rings. The Morgan fingerprint density at radius 1 is 1.22 bits per heavy atom. The van der Waals surface area contributed by atoms with Crippen molar-refractivity contribution in [1.29, 1.82) is 0 Å². The number of fused-ring (bicyclic) bond motifs is 3. The van der Waals surface area contributed by atoms with Gasteiger partial charge in [0.05, 0.1) is 11.9 Å². The topological polar surface area (TPSA) is 50.2 Å². The molecule has 4 rings (SSSR count). The van der Waals surface area contributed by atoms with Crippen LogP contribution in [0.25, 0.3) is 10.9 Å². The Kier molecular flexibility index (Phi) is 5.21. The summed E-state index contributed by atoms with van der Waals surface area (Å²) < 4.78 is 2.43. The van der Waals surface area contributed by atoms with Crippen molar-refractivity contribution in [2.45, 2.75) is 32.4 Å². The lowest BCUT2D eigenvalue weighted by Gasteiger charge is -2.24. The lowest BCUT2D eigenvalue weighted by molar-refractivity contribution is -0.120. The van der Waals surface area contributed by atoms with E-state index in [0.29, 0.717) is 13.0 Å². The van der Waals surface area contributed by atoms with Crippen molar-refractivity contribution in [3.63, 3.8) is 0 Å². The normalized spacial score (nSPS) is 14.3. The highest BCUT2D eigenvalue weighted by Crippen LogP contribution is 2.30. The second kappa shape index (κ2) is 7.92. The first-order valence-electron chi connectivity index (χ1n) is 9.65. The summed E-state index contributed by atoms with van der Waals surface area (Å²) in [5, 5.41) is 4.33. The van der Waals surface area contributed by atoms with Crippen molar-refractivity contribution in [3.8, 4) is 0 Å². The fraction of sp³-hybridized carbons (Fsp3) is 0.364. The molecule has 2 aromatic heterocycles. The van der Waals surface area contributed by atoms with Gasteiger partial charge in [-0.25, -0.2) is 0 Å². The molecule has 0 saturated heterocycles. The predicted octanol–water partition coefficient (Wildman–Crippen LogP) is 2.77. The van der Waals surface area contributed by atoms with Gasteiger partial charge in [0, 0.05) is 56.1 Å². The quantitative estimate of drug-likeness (QED) is 0.686. The van der Waals surface area contributed by atoms with Gasteiger partial charge in [0.2, 0.25) is 5.91 Å². The average molecular weight is 362 g/mol. The zero-order valence-corrected chi connectivity index (χ0v) is 15.8. The lowest BCUT2D eigenvalue weighted by atomic mass is 10.1. The minimum Gasteiger partial charge on any atom is -0.356 e. The van der Waals surface area contributed by atoms with Gasteiger partial charge >= 0.3 is 0 Å². The van der Waals surface area contributed by atoms with E-state index in [-0.39, 0.29) is 5.91 Å². The molecule has 5 heteroatoms. The van der Waals surface area contributed by atoms with Crippen molar-refractivity contribution in [2.75, 3.05) is 20.1 Å². The Morgan fingerprint density at radius 2 is 2.07 bits per heavy atom. The predicted molar refractivity (Wildman–Crippen MR) is 108 cm³/mol. The van der Waals surface area contributed by atoms with Crippen molar-refractivity contribution in [1.82, 2.24) is 19.8 Å². The minimum absolute atomic E-state index is 0.0893. The largest absolute Gasteiger partial charge is 0.356 e. The van der Waals surface area contributed by atoms with Gasteiger partial charge in [0.25, 0.3) is 0 Å². The van der Waals surface area contributed by atoms with E-state index in [2.05, 4.69) is 32.9 Å². The first-order chi connectivity index (χ1) is 13.2. The fourth-order valence-electron chi connectivity index (χ4n) is 3.99. The molecule has 0 bridgehead atoms. The summed E-state index contributed by atoms with van der Waals surface area (Å²) in [4.78, 5) is 18.8. The zero-order valence-electron chi connectivity index (χ0n) is 15.8. The number of benzene rings is 1. The van der Waals surface area contributed by atoms with Gasteiger partial charge < -0.3 is 14.8 Å². The molecule has 0 saturated carbocycles. The third-order valence-electron chi connectivity index (χ3n) is 5.33. The van der Waals surface area contributed by atoms with Crippen LogP contribution in [0.3, 0.4) is 0 Å². The molecule has 140 valence electrons. The van der Waals surface area contributed by atoms with Crippen LogP contribution in [0.5, 0.6) is 0 Å². The number of carbonyl (C=O) groups is 1. The molecular formula is C22H26N4O. The van der Waals surface area contributed by atoms with E-state index in [9.17, 15) is 4.79 Å².